The number of aromatic nitrogens is 2. The first-order valence-electron chi connectivity index (χ1n) is 6.43. The molecule has 1 N–H and O–H groups in total. The summed E-state index contributed by atoms with van der Waals surface area (Å²) in [5.74, 6) is -0.268. The Kier molecular flexibility index (Phi) is 3.33. The Morgan fingerprint density at radius 2 is 2.35 bits per heavy atom. The zero-order valence-electron chi connectivity index (χ0n) is 11.0. The maximum Gasteiger partial charge on any atom is 0.220 e. The van der Waals surface area contributed by atoms with Crippen molar-refractivity contribution in [1.82, 2.24) is 15.1 Å². The number of halogens is 1. The largest absolute Gasteiger partial charge is 0.356 e. The minimum Gasteiger partial charge on any atom is -0.356 e. The van der Waals surface area contributed by atoms with Gasteiger partial charge in [-0.05, 0) is 23.6 Å². The topological polar surface area (TPSA) is 64.0 Å². The quantitative estimate of drug-likeness (QED) is 0.869. The summed E-state index contributed by atoms with van der Waals surface area (Å²) >= 11 is 3.46. The van der Waals surface area contributed by atoms with Gasteiger partial charge in [-0.3, -0.25) is 9.48 Å². The highest BCUT2D eigenvalue weighted by Gasteiger charge is 2.31. The molecular weight excluding hydrogens is 322 g/mol. The van der Waals surface area contributed by atoms with E-state index >= 15 is 0 Å². The van der Waals surface area contributed by atoms with Gasteiger partial charge in [0.15, 0.2) is 0 Å². The van der Waals surface area contributed by atoms with Crippen LogP contribution < -0.4 is 5.32 Å². The van der Waals surface area contributed by atoms with E-state index in [2.05, 4.69) is 26.3 Å². The van der Waals surface area contributed by atoms with Gasteiger partial charge in [-0.15, -0.1) is 0 Å². The molecule has 3 rings (SSSR count). The third kappa shape index (κ3) is 2.24. The van der Waals surface area contributed by atoms with E-state index in [9.17, 15) is 9.59 Å². The number of nitrogens with zero attached hydrogens (tertiary/aromatic N) is 2. The number of rotatable bonds is 3. The molecule has 1 aromatic heterocycles. The summed E-state index contributed by atoms with van der Waals surface area (Å²) in [6.07, 6.45) is 3.26. The van der Waals surface area contributed by atoms with Gasteiger partial charge in [-0.1, -0.05) is 15.9 Å². The highest BCUT2D eigenvalue weighted by molar-refractivity contribution is 9.10. The van der Waals surface area contributed by atoms with Crippen LogP contribution in [0.5, 0.6) is 0 Å². The summed E-state index contributed by atoms with van der Waals surface area (Å²) in [6.45, 7) is 0.552. The minimum absolute atomic E-state index is 0.0118. The SMILES string of the molecule is Cn1cc2c([C@H](C=O)[C@@H]3CNC(=O)C3)cc(Br)cc2n1. The van der Waals surface area contributed by atoms with Crippen LogP contribution in [0.4, 0.5) is 0 Å². The Hall–Kier alpha value is -1.69. The number of aryl methyl sites for hydroxylation is 1. The Morgan fingerprint density at radius 1 is 1.55 bits per heavy atom. The van der Waals surface area contributed by atoms with Crippen molar-refractivity contribution in [3.8, 4) is 0 Å². The second-order valence-corrected chi connectivity index (χ2v) is 6.08. The van der Waals surface area contributed by atoms with Gasteiger partial charge in [0.2, 0.25) is 5.91 Å². The van der Waals surface area contributed by atoms with Crippen LogP contribution in [-0.4, -0.2) is 28.5 Å². The van der Waals surface area contributed by atoms with Crippen LogP contribution in [0.25, 0.3) is 10.9 Å². The van der Waals surface area contributed by atoms with Gasteiger partial charge in [-0.25, -0.2) is 0 Å². The number of carbonyl (C=O) groups is 2. The van der Waals surface area contributed by atoms with E-state index < -0.39 is 0 Å². The lowest BCUT2D eigenvalue weighted by Gasteiger charge is -2.17. The minimum atomic E-state index is -0.293. The van der Waals surface area contributed by atoms with Gasteiger partial charge < -0.3 is 10.1 Å². The van der Waals surface area contributed by atoms with Gasteiger partial charge in [0.1, 0.15) is 6.29 Å². The molecule has 1 fully saturated rings. The van der Waals surface area contributed by atoms with E-state index in [0.29, 0.717) is 13.0 Å². The fourth-order valence-electron chi connectivity index (χ4n) is 2.83. The molecule has 0 spiro atoms. The molecule has 6 heteroatoms. The van der Waals surface area contributed by atoms with Crippen molar-refractivity contribution in [3.63, 3.8) is 0 Å². The average Bonchev–Trinajstić information content (AvgIpc) is 2.96. The van der Waals surface area contributed by atoms with Crippen LogP contribution in [0.15, 0.2) is 22.8 Å². The van der Waals surface area contributed by atoms with Crippen LogP contribution in [0, 0.1) is 5.92 Å². The number of carbonyl (C=O) groups excluding carboxylic acids is 2. The van der Waals surface area contributed by atoms with Crippen molar-refractivity contribution >= 4 is 39.0 Å². The monoisotopic (exact) mass is 335 g/mol. The summed E-state index contributed by atoms with van der Waals surface area (Å²) in [6, 6.07) is 3.88. The van der Waals surface area contributed by atoms with Crippen LogP contribution in [-0.2, 0) is 16.6 Å². The highest BCUT2D eigenvalue weighted by atomic mass is 79.9. The van der Waals surface area contributed by atoms with Crippen molar-refractivity contribution in [2.75, 3.05) is 6.54 Å². The van der Waals surface area contributed by atoms with Gasteiger partial charge >= 0.3 is 0 Å². The lowest BCUT2D eigenvalue weighted by Crippen LogP contribution is -2.18. The van der Waals surface area contributed by atoms with Gasteiger partial charge in [0.05, 0.1) is 5.52 Å². The van der Waals surface area contributed by atoms with Crippen LogP contribution in [0.3, 0.4) is 0 Å². The van der Waals surface area contributed by atoms with E-state index in [1.807, 2.05) is 25.4 Å². The number of benzene rings is 1. The Morgan fingerprint density at radius 3 is 3.00 bits per heavy atom. The molecule has 1 aliphatic heterocycles. The molecular formula is C14H14BrN3O2. The first kappa shape index (κ1) is 13.3. The summed E-state index contributed by atoms with van der Waals surface area (Å²) in [5.41, 5.74) is 1.78. The lowest BCUT2D eigenvalue weighted by molar-refractivity contribution is -0.119. The molecule has 0 radical (unpaired) electrons. The predicted molar refractivity (Wildman–Crippen MR) is 78.3 cm³/mol. The van der Waals surface area contributed by atoms with E-state index in [-0.39, 0.29) is 17.7 Å². The van der Waals surface area contributed by atoms with Gasteiger partial charge in [-0.2, -0.15) is 5.10 Å². The van der Waals surface area contributed by atoms with E-state index in [1.165, 1.54) is 0 Å². The summed E-state index contributed by atoms with van der Waals surface area (Å²) in [7, 11) is 1.86. The van der Waals surface area contributed by atoms with Crippen molar-refractivity contribution in [3.05, 3.63) is 28.4 Å². The number of amides is 1. The number of hydrogen-bond donors (Lipinski definition) is 1. The molecule has 20 heavy (non-hydrogen) atoms. The van der Waals surface area contributed by atoms with Gasteiger partial charge in [0, 0.05) is 42.0 Å². The maximum atomic E-state index is 11.6. The van der Waals surface area contributed by atoms with E-state index in [1.54, 1.807) is 4.68 Å². The third-order valence-electron chi connectivity index (χ3n) is 3.76. The molecule has 5 nitrogen and oxygen atoms in total. The molecule has 1 saturated heterocycles. The van der Waals surface area contributed by atoms with E-state index in [0.717, 1.165) is 27.2 Å². The summed E-state index contributed by atoms with van der Waals surface area (Å²) in [4.78, 5) is 23.0. The van der Waals surface area contributed by atoms with Crippen LogP contribution in [0.2, 0.25) is 0 Å². The fraction of sp³-hybridized carbons (Fsp3) is 0.357. The highest BCUT2D eigenvalue weighted by Crippen LogP contribution is 2.34. The zero-order valence-corrected chi connectivity index (χ0v) is 12.6. The number of aldehydes is 1. The number of hydrogen-bond acceptors (Lipinski definition) is 3. The molecule has 1 aliphatic rings. The maximum absolute atomic E-state index is 11.6. The molecule has 1 amide bonds. The summed E-state index contributed by atoms with van der Waals surface area (Å²) in [5, 5.41) is 8.14. The first-order valence-corrected chi connectivity index (χ1v) is 7.22. The number of fused-ring (bicyclic) bond motifs is 1. The summed E-state index contributed by atoms with van der Waals surface area (Å²) < 4.78 is 2.63. The molecule has 104 valence electrons. The van der Waals surface area contributed by atoms with Crippen molar-refractivity contribution in [2.45, 2.75) is 12.3 Å². The number of nitrogens with one attached hydrogen (secondary N) is 1. The standard InChI is InChI=1S/C14H14BrN3O2/c1-18-6-11-10(3-9(15)4-13(11)17-18)12(7-19)8-2-14(20)16-5-8/h3-4,6-8,12H,2,5H2,1H3,(H,16,20)/t8-,12+/m0/s1. The van der Waals surface area contributed by atoms with Crippen LogP contribution in [0.1, 0.15) is 17.9 Å². The fourth-order valence-corrected chi connectivity index (χ4v) is 3.29. The van der Waals surface area contributed by atoms with Crippen molar-refractivity contribution < 1.29 is 9.59 Å². The molecule has 2 aromatic rings. The van der Waals surface area contributed by atoms with Crippen molar-refractivity contribution in [2.24, 2.45) is 13.0 Å². The Balaban J connectivity index is 2.11. The zero-order chi connectivity index (χ0) is 14.3. The average molecular weight is 336 g/mol. The molecule has 2 atom stereocenters. The molecule has 2 heterocycles. The second-order valence-electron chi connectivity index (χ2n) is 5.16. The first-order chi connectivity index (χ1) is 9.58. The van der Waals surface area contributed by atoms with E-state index in [4.69, 9.17) is 0 Å². The molecule has 0 saturated carbocycles. The third-order valence-corrected chi connectivity index (χ3v) is 4.22. The molecule has 0 bridgehead atoms. The normalized spacial score (nSPS) is 20.1. The molecule has 0 aliphatic carbocycles. The predicted octanol–water partition coefficient (Wildman–Crippen LogP) is 1.75. The second kappa shape index (κ2) is 5.01. The van der Waals surface area contributed by atoms with Crippen LogP contribution >= 0.6 is 15.9 Å². The Labute approximate surface area is 124 Å². The smallest absolute Gasteiger partial charge is 0.220 e. The molecule has 0 unspecified atom stereocenters. The lowest BCUT2D eigenvalue weighted by atomic mass is 9.85. The molecule has 1 aromatic carbocycles. The van der Waals surface area contributed by atoms with Gasteiger partial charge in [0.25, 0.3) is 0 Å². The Bertz CT molecular complexity index is 695. The van der Waals surface area contributed by atoms with Crippen molar-refractivity contribution in [1.29, 1.82) is 0 Å².